The number of phenols is 1. The van der Waals surface area contributed by atoms with Crippen LogP contribution in [-0.2, 0) is 4.79 Å². The zero-order valence-corrected chi connectivity index (χ0v) is 14.4. The van der Waals surface area contributed by atoms with Crippen LogP contribution < -0.4 is 5.32 Å². The van der Waals surface area contributed by atoms with Crippen LogP contribution in [0.15, 0.2) is 45.0 Å². The third-order valence-corrected chi connectivity index (χ3v) is 4.11. The van der Waals surface area contributed by atoms with Gasteiger partial charge in [0.25, 0.3) is 5.91 Å². The highest BCUT2D eigenvalue weighted by Gasteiger charge is 2.26. The lowest BCUT2D eigenvalue weighted by Gasteiger charge is -2.01. The third-order valence-electron chi connectivity index (χ3n) is 3.11. The van der Waals surface area contributed by atoms with Gasteiger partial charge in [0.1, 0.15) is 5.75 Å². The monoisotopic (exact) mass is 411 g/mol. The summed E-state index contributed by atoms with van der Waals surface area (Å²) in [6, 6.07) is 8.27. The van der Waals surface area contributed by atoms with E-state index in [-0.39, 0.29) is 22.4 Å². The first-order chi connectivity index (χ1) is 11.0. The predicted octanol–water partition coefficient (Wildman–Crippen LogP) is 4.24. The van der Waals surface area contributed by atoms with Gasteiger partial charge in [-0.2, -0.15) is 5.10 Å². The molecule has 1 heterocycles. The van der Waals surface area contributed by atoms with Gasteiger partial charge in [-0.25, -0.2) is 0 Å². The van der Waals surface area contributed by atoms with Crippen molar-refractivity contribution in [3.8, 4) is 5.75 Å². The highest BCUT2D eigenvalue weighted by molar-refractivity contribution is 9.10. The molecule has 0 fully saturated rings. The van der Waals surface area contributed by atoms with Crippen LogP contribution in [0.2, 0.25) is 10.0 Å². The van der Waals surface area contributed by atoms with Crippen molar-refractivity contribution in [2.75, 3.05) is 5.32 Å². The highest BCUT2D eigenvalue weighted by atomic mass is 79.9. The number of nitrogens with zero attached hydrogens (tertiary/aromatic N) is 2. The van der Waals surface area contributed by atoms with Crippen molar-refractivity contribution < 1.29 is 9.90 Å². The van der Waals surface area contributed by atoms with Crippen molar-refractivity contribution in [3.05, 3.63) is 56.0 Å². The third kappa shape index (κ3) is 3.24. The maximum absolute atomic E-state index is 11.9. The Bertz CT molecular complexity index is 881. The summed E-state index contributed by atoms with van der Waals surface area (Å²) in [4.78, 5) is 11.9. The number of benzene rings is 2. The zero-order chi connectivity index (χ0) is 16.6. The van der Waals surface area contributed by atoms with Crippen molar-refractivity contribution in [2.24, 2.45) is 10.2 Å². The predicted molar refractivity (Wildman–Crippen MR) is 95.0 cm³/mol. The molecular formula is C15H8BrCl2N3O2. The summed E-state index contributed by atoms with van der Waals surface area (Å²) >= 11 is 15.1. The Hall–Kier alpha value is -1.89. The molecule has 0 radical (unpaired) electrons. The fraction of sp³-hybridized carbons (Fsp3) is 0. The normalized spacial score (nSPS) is 15.3. The smallest absolute Gasteiger partial charge is 0.276 e. The number of nitrogens with one attached hydrogen (secondary N) is 1. The Balaban J connectivity index is 1.95. The maximum Gasteiger partial charge on any atom is 0.276 e. The van der Waals surface area contributed by atoms with E-state index in [0.29, 0.717) is 21.8 Å². The first-order valence-corrected chi connectivity index (χ1v) is 7.91. The van der Waals surface area contributed by atoms with Crippen LogP contribution in [0.3, 0.4) is 0 Å². The van der Waals surface area contributed by atoms with Crippen molar-refractivity contribution in [3.63, 3.8) is 0 Å². The number of halogens is 3. The zero-order valence-electron chi connectivity index (χ0n) is 11.3. The summed E-state index contributed by atoms with van der Waals surface area (Å²) < 4.78 is 0.823. The number of fused-ring (bicyclic) bond motifs is 1. The molecule has 0 saturated heterocycles. The second-order valence-corrected chi connectivity index (χ2v) is 6.42. The van der Waals surface area contributed by atoms with E-state index in [1.54, 1.807) is 12.1 Å². The van der Waals surface area contributed by atoms with Gasteiger partial charge in [-0.1, -0.05) is 39.1 Å². The molecule has 0 saturated carbocycles. The van der Waals surface area contributed by atoms with E-state index in [0.717, 1.165) is 4.47 Å². The Morgan fingerprint density at radius 3 is 2.78 bits per heavy atom. The summed E-state index contributed by atoms with van der Waals surface area (Å²) in [5.74, 6) is -0.498. The molecular weight excluding hydrogens is 405 g/mol. The molecule has 1 aliphatic rings. The Labute approximate surface area is 149 Å². The maximum atomic E-state index is 11.9. The Morgan fingerprint density at radius 1 is 1.22 bits per heavy atom. The van der Waals surface area contributed by atoms with Crippen LogP contribution in [0.4, 0.5) is 5.69 Å². The van der Waals surface area contributed by atoms with Crippen molar-refractivity contribution in [1.82, 2.24) is 0 Å². The molecule has 1 aliphatic heterocycles. The lowest BCUT2D eigenvalue weighted by atomic mass is 10.1. The second-order valence-electron chi connectivity index (χ2n) is 4.66. The van der Waals surface area contributed by atoms with E-state index in [1.807, 2.05) is 6.07 Å². The Morgan fingerprint density at radius 2 is 2.00 bits per heavy atom. The van der Waals surface area contributed by atoms with Crippen molar-refractivity contribution in [2.45, 2.75) is 0 Å². The molecule has 116 valence electrons. The van der Waals surface area contributed by atoms with E-state index in [4.69, 9.17) is 23.2 Å². The quantitative estimate of drug-likeness (QED) is 0.571. The first kappa shape index (κ1) is 16.0. The molecule has 23 heavy (non-hydrogen) atoms. The minimum absolute atomic E-state index is 0.111. The second kappa shape index (κ2) is 6.31. The van der Waals surface area contributed by atoms with E-state index in [1.165, 1.54) is 18.3 Å². The SMILES string of the molecule is O=C1Nc2ccc(Br)cc2/C1=N\N=C/c1cc(Cl)cc(Cl)c1O. The van der Waals surface area contributed by atoms with Crippen LogP contribution >= 0.6 is 39.1 Å². The molecule has 0 spiro atoms. The summed E-state index contributed by atoms with van der Waals surface area (Å²) in [7, 11) is 0. The van der Waals surface area contributed by atoms with Gasteiger partial charge in [-0.3, -0.25) is 4.79 Å². The molecule has 2 aromatic rings. The van der Waals surface area contributed by atoms with E-state index >= 15 is 0 Å². The average molecular weight is 413 g/mol. The molecule has 3 rings (SSSR count). The van der Waals surface area contributed by atoms with Crippen LogP contribution in [0.5, 0.6) is 5.75 Å². The highest BCUT2D eigenvalue weighted by Crippen LogP contribution is 2.30. The summed E-state index contributed by atoms with van der Waals surface area (Å²) in [5, 5.41) is 20.8. The van der Waals surface area contributed by atoms with Crippen LogP contribution in [0, 0.1) is 0 Å². The van der Waals surface area contributed by atoms with Crippen LogP contribution in [-0.4, -0.2) is 22.9 Å². The van der Waals surface area contributed by atoms with E-state index in [2.05, 4.69) is 31.4 Å². The van der Waals surface area contributed by atoms with Crippen molar-refractivity contribution >= 4 is 62.7 Å². The van der Waals surface area contributed by atoms with Crippen LogP contribution in [0.1, 0.15) is 11.1 Å². The van der Waals surface area contributed by atoms with E-state index in [9.17, 15) is 9.90 Å². The lowest BCUT2D eigenvalue weighted by Crippen LogP contribution is -2.13. The van der Waals surface area contributed by atoms with Gasteiger partial charge in [-0.05, 0) is 30.3 Å². The molecule has 0 aliphatic carbocycles. The average Bonchev–Trinajstić information content (AvgIpc) is 2.79. The minimum atomic E-state index is -0.344. The van der Waals surface area contributed by atoms with Gasteiger partial charge in [0.15, 0.2) is 5.71 Å². The number of carbonyl (C=O) groups excluding carboxylic acids is 1. The molecule has 8 heteroatoms. The van der Waals surface area contributed by atoms with Gasteiger partial charge < -0.3 is 10.4 Å². The largest absolute Gasteiger partial charge is 0.506 e. The number of aromatic hydroxyl groups is 1. The van der Waals surface area contributed by atoms with Gasteiger partial charge in [0, 0.05) is 20.6 Å². The van der Waals surface area contributed by atoms with Gasteiger partial charge in [0.2, 0.25) is 0 Å². The van der Waals surface area contributed by atoms with Gasteiger partial charge >= 0.3 is 0 Å². The molecule has 0 atom stereocenters. The summed E-state index contributed by atoms with van der Waals surface area (Å²) in [6.07, 6.45) is 1.28. The van der Waals surface area contributed by atoms with Crippen molar-refractivity contribution in [1.29, 1.82) is 0 Å². The Kier molecular flexibility index (Phi) is 4.39. The molecule has 2 aromatic carbocycles. The van der Waals surface area contributed by atoms with Crippen LogP contribution in [0.25, 0.3) is 0 Å². The molecule has 0 unspecified atom stereocenters. The summed E-state index contributed by atoms with van der Waals surface area (Å²) in [5.41, 5.74) is 1.81. The number of hydrogen-bond donors (Lipinski definition) is 2. The molecule has 0 bridgehead atoms. The number of carbonyl (C=O) groups is 1. The van der Waals surface area contributed by atoms with Gasteiger partial charge in [0.05, 0.1) is 16.9 Å². The summed E-state index contributed by atoms with van der Waals surface area (Å²) in [6.45, 7) is 0. The first-order valence-electron chi connectivity index (χ1n) is 6.36. The number of amides is 1. The standard InChI is InChI=1S/C15H8BrCl2N3O2/c16-8-1-2-12-10(4-8)13(15(23)20-12)21-19-6-7-3-9(17)5-11(18)14(7)22/h1-6,22H,(H,20,21,23)/b19-6-. The topological polar surface area (TPSA) is 74.0 Å². The lowest BCUT2D eigenvalue weighted by molar-refractivity contribution is -0.110. The fourth-order valence-electron chi connectivity index (χ4n) is 2.06. The fourth-order valence-corrected chi connectivity index (χ4v) is 2.93. The number of hydrogen-bond acceptors (Lipinski definition) is 4. The minimum Gasteiger partial charge on any atom is -0.506 e. The molecule has 0 aromatic heterocycles. The van der Waals surface area contributed by atoms with E-state index < -0.39 is 0 Å². The number of phenolic OH excluding ortho intramolecular Hbond substituents is 1. The molecule has 2 N–H and O–H groups in total. The van der Waals surface area contributed by atoms with Gasteiger partial charge in [-0.15, -0.1) is 5.10 Å². The number of rotatable bonds is 2. The molecule has 5 nitrogen and oxygen atoms in total. The molecule has 1 amide bonds. The number of anilines is 1.